The summed E-state index contributed by atoms with van der Waals surface area (Å²) in [6.45, 7) is 2.79. The number of likely N-dealkylation sites (N-methyl/N-ethyl adjacent to an activating group) is 1. The summed E-state index contributed by atoms with van der Waals surface area (Å²) in [5, 5.41) is 1.36. The fourth-order valence-electron chi connectivity index (χ4n) is 1.87. The molecule has 1 N–H and O–H groups in total. The Morgan fingerprint density at radius 2 is 1.54 bits per heavy atom. The zero-order valence-electron chi connectivity index (χ0n) is 14.7. The van der Waals surface area contributed by atoms with E-state index in [-0.39, 0.29) is 30.1 Å². The lowest BCUT2D eigenvalue weighted by Crippen LogP contribution is -2.59. The number of ether oxygens (including phenoxy) is 1. The lowest BCUT2D eigenvalue weighted by molar-refractivity contribution is -0.883. The van der Waals surface area contributed by atoms with Crippen LogP contribution in [0.4, 0.5) is 30.7 Å². The molecule has 1 amide bonds. The van der Waals surface area contributed by atoms with E-state index in [1.165, 1.54) is 5.32 Å². The van der Waals surface area contributed by atoms with Crippen molar-refractivity contribution in [1.29, 1.82) is 0 Å². The van der Waals surface area contributed by atoms with Gasteiger partial charge in [0.1, 0.15) is 0 Å². The molecule has 0 aromatic heterocycles. The second-order valence-electron chi connectivity index (χ2n) is 6.61. The van der Waals surface area contributed by atoms with E-state index in [2.05, 4.69) is 0 Å². The Hall–Kier alpha value is -1.59. The molecule has 0 aliphatic carbocycles. The van der Waals surface area contributed by atoms with E-state index in [9.17, 15) is 40.3 Å². The third kappa shape index (κ3) is 6.61. The number of nitrogens with one attached hydrogen (secondary N) is 1. The first-order valence-corrected chi connectivity index (χ1v) is 7.56. The van der Waals surface area contributed by atoms with E-state index in [0.29, 0.717) is 0 Å². The molecule has 0 rings (SSSR count). The van der Waals surface area contributed by atoms with E-state index in [1.807, 2.05) is 0 Å². The summed E-state index contributed by atoms with van der Waals surface area (Å²) in [5.74, 6) is -15.7. The number of hydrogen-bond donors (Lipinski definition) is 1. The van der Waals surface area contributed by atoms with Gasteiger partial charge >= 0.3 is 24.0 Å². The molecule has 0 saturated carbocycles. The standard InChI is InChI=1S/C14H21F7N2O3/c1-9(2)26-10(24)8-23(3,4)7-5-6-22-11(25)12(15,16)13(17,18)14(19,20)21/h9H,5-8H2,1-4H3/p+1. The summed E-state index contributed by atoms with van der Waals surface area (Å²) in [7, 11) is 3.19. The Morgan fingerprint density at radius 1 is 1.04 bits per heavy atom. The van der Waals surface area contributed by atoms with Crippen molar-refractivity contribution in [2.75, 3.05) is 33.7 Å². The molecule has 0 bridgehead atoms. The highest BCUT2D eigenvalue weighted by Crippen LogP contribution is 2.46. The molecule has 12 heteroatoms. The van der Waals surface area contributed by atoms with Crippen molar-refractivity contribution in [3.63, 3.8) is 0 Å². The van der Waals surface area contributed by atoms with Crippen molar-refractivity contribution in [3.8, 4) is 0 Å². The zero-order chi connectivity index (χ0) is 21.0. The monoisotopic (exact) mass is 399 g/mol. The fourth-order valence-corrected chi connectivity index (χ4v) is 1.87. The van der Waals surface area contributed by atoms with E-state index >= 15 is 0 Å². The smallest absolute Gasteiger partial charge is 0.459 e. The first-order chi connectivity index (χ1) is 11.4. The number of nitrogens with zero attached hydrogens (tertiary/aromatic N) is 1. The molecule has 26 heavy (non-hydrogen) atoms. The Bertz CT molecular complexity index is 505. The Balaban J connectivity index is 4.56. The molecule has 0 unspecified atom stereocenters. The molecule has 0 saturated heterocycles. The highest BCUT2D eigenvalue weighted by atomic mass is 19.4. The van der Waals surface area contributed by atoms with Crippen molar-refractivity contribution < 1.29 is 49.5 Å². The van der Waals surface area contributed by atoms with E-state index in [0.717, 1.165) is 0 Å². The summed E-state index contributed by atoms with van der Waals surface area (Å²) >= 11 is 0. The first-order valence-electron chi connectivity index (χ1n) is 7.56. The summed E-state index contributed by atoms with van der Waals surface area (Å²) in [4.78, 5) is 22.6. The van der Waals surface area contributed by atoms with Crippen molar-refractivity contribution in [1.82, 2.24) is 5.32 Å². The van der Waals surface area contributed by atoms with Crippen LogP contribution >= 0.6 is 0 Å². The minimum absolute atomic E-state index is 0.0382. The molecule has 5 nitrogen and oxygen atoms in total. The van der Waals surface area contributed by atoms with Gasteiger partial charge < -0.3 is 14.5 Å². The van der Waals surface area contributed by atoms with Gasteiger partial charge in [-0.15, -0.1) is 0 Å². The van der Waals surface area contributed by atoms with Crippen molar-refractivity contribution in [3.05, 3.63) is 0 Å². The fraction of sp³-hybridized carbons (Fsp3) is 0.857. The van der Waals surface area contributed by atoms with E-state index < -0.39 is 36.4 Å². The van der Waals surface area contributed by atoms with Gasteiger partial charge in [-0.3, -0.25) is 4.79 Å². The van der Waals surface area contributed by atoms with Gasteiger partial charge in [0.25, 0.3) is 5.91 Å². The third-order valence-corrected chi connectivity index (χ3v) is 3.19. The van der Waals surface area contributed by atoms with Crippen LogP contribution in [0.2, 0.25) is 0 Å². The number of rotatable bonds is 9. The third-order valence-electron chi connectivity index (χ3n) is 3.19. The summed E-state index contributed by atoms with van der Waals surface area (Å²) in [6.07, 6.45) is -6.94. The van der Waals surface area contributed by atoms with Crippen molar-refractivity contribution >= 4 is 11.9 Å². The van der Waals surface area contributed by atoms with Gasteiger partial charge in [0, 0.05) is 13.0 Å². The summed E-state index contributed by atoms with van der Waals surface area (Å²) < 4.78 is 92.6. The highest BCUT2D eigenvalue weighted by Gasteiger charge is 2.76. The van der Waals surface area contributed by atoms with Gasteiger partial charge in [-0.25, -0.2) is 4.79 Å². The van der Waals surface area contributed by atoms with Crippen LogP contribution in [-0.2, 0) is 14.3 Å². The summed E-state index contributed by atoms with van der Waals surface area (Å²) in [5.41, 5.74) is 0. The molecule has 0 aromatic carbocycles. The first kappa shape index (κ1) is 24.4. The van der Waals surface area contributed by atoms with Gasteiger partial charge in [-0.05, 0) is 13.8 Å². The average Bonchev–Trinajstić information content (AvgIpc) is 2.39. The predicted octanol–water partition coefficient (Wildman–Crippen LogP) is 2.35. The molecule has 0 aliphatic heterocycles. The lowest BCUT2D eigenvalue weighted by Gasteiger charge is -2.29. The molecule has 0 aliphatic rings. The zero-order valence-corrected chi connectivity index (χ0v) is 14.7. The maximum absolute atomic E-state index is 13.1. The molecule has 0 atom stereocenters. The molecule has 0 spiro atoms. The molecule has 154 valence electrons. The molecule has 0 aromatic rings. The molecular formula is C14H22F7N2O3+. The van der Waals surface area contributed by atoms with Crippen LogP contribution in [0.15, 0.2) is 0 Å². The quantitative estimate of drug-likeness (QED) is 0.280. The van der Waals surface area contributed by atoms with Crippen LogP contribution in [0, 0.1) is 0 Å². The van der Waals surface area contributed by atoms with Crippen LogP contribution < -0.4 is 5.32 Å². The number of hydrogen-bond acceptors (Lipinski definition) is 3. The van der Waals surface area contributed by atoms with Crippen LogP contribution in [0.3, 0.4) is 0 Å². The van der Waals surface area contributed by atoms with Gasteiger partial charge in [0.05, 0.1) is 26.7 Å². The SMILES string of the molecule is CC(C)OC(=O)C[N+](C)(C)CCCNC(=O)C(F)(F)C(F)(F)C(F)(F)F. The molecular weight excluding hydrogens is 377 g/mol. The van der Waals surface area contributed by atoms with Gasteiger partial charge in [-0.2, -0.15) is 30.7 Å². The van der Waals surface area contributed by atoms with Crippen LogP contribution in [0.5, 0.6) is 0 Å². The van der Waals surface area contributed by atoms with E-state index in [4.69, 9.17) is 4.74 Å². The maximum atomic E-state index is 13.1. The number of alkyl halides is 7. The number of amides is 1. The van der Waals surface area contributed by atoms with Crippen molar-refractivity contribution in [2.45, 2.75) is 44.4 Å². The lowest BCUT2D eigenvalue weighted by atomic mass is 10.1. The van der Waals surface area contributed by atoms with Crippen LogP contribution in [0.1, 0.15) is 20.3 Å². The molecule has 0 fully saturated rings. The van der Waals surface area contributed by atoms with Gasteiger partial charge in [-0.1, -0.05) is 0 Å². The minimum atomic E-state index is -6.57. The predicted molar refractivity (Wildman–Crippen MR) is 76.6 cm³/mol. The molecule has 0 radical (unpaired) electrons. The normalized spacial score (nSPS) is 13.7. The molecule has 0 heterocycles. The number of esters is 1. The Labute approximate surface area is 146 Å². The van der Waals surface area contributed by atoms with Gasteiger partial charge in [0.2, 0.25) is 0 Å². The topological polar surface area (TPSA) is 55.4 Å². The number of quaternary nitrogens is 1. The highest BCUT2D eigenvalue weighted by molar-refractivity contribution is 5.84. The second kappa shape index (κ2) is 8.40. The number of carbonyl (C=O) groups excluding carboxylic acids is 2. The average molecular weight is 399 g/mol. The van der Waals surface area contributed by atoms with Crippen LogP contribution in [-0.4, -0.2) is 74.2 Å². The number of carbonyl (C=O) groups is 2. The van der Waals surface area contributed by atoms with E-state index in [1.54, 1.807) is 27.9 Å². The maximum Gasteiger partial charge on any atom is 0.460 e. The summed E-state index contributed by atoms with van der Waals surface area (Å²) in [6, 6.07) is 0. The van der Waals surface area contributed by atoms with Crippen LogP contribution in [0.25, 0.3) is 0 Å². The minimum Gasteiger partial charge on any atom is -0.459 e. The second-order valence-corrected chi connectivity index (χ2v) is 6.61. The Morgan fingerprint density at radius 3 is 1.96 bits per heavy atom. The Kier molecular flexibility index (Phi) is 7.89. The van der Waals surface area contributed by atoms with Gasteiger partial charge in [0.15, 0.2) is 6.54 Å². The van der Waals surface area contributed by atoms with Crippen molar-refractivity contribution in [2.24, 2.45) is 0 Å². The largest absolute Gasteiger partial charge is 0.460 e. The number of halogens is 7.